The zero-order chi connectivity index (χ0) is 16.2. The first kappa shape index (κ1) is 15.4. The highest BCUT2D eigenvalue weighted by Crippen LogP contribution is 2.31. The maximum Gasteiger partial charge on any atom is 0.343 e. The van der Waals surface area contributed by atoms with Crippen molar-refractivity contribution in [2.24, 2.45) is 0 Å². The van der Waals surface area contributed by atoms with Crippen LogP contribution in [0.4, 0.5) is 5.69 Å². The molecule has 3 rings (SSSR count). The Hall–Kier alpha value is -2.47. The fraction of sp³-hybridized carbons (Fsp3) is 0.176. The summed E-state index contributed by atoms with van der Waals surface area (Å²) in [4.78, 5) is 23.5. The van der Waals surface area contributed by atoms with Crippen LogP contribution in [0.25, 0.3) is 0 Å². The van der Waals surface area contributed by atoms with Gasteiger partial charge in [0.2, 0.25) is 0 Å². The second-order valence-electron chi connectivity index (χ2n) is 5.01. The van der Waals surface area contributed by atoms with Crippen LogP contribution < -0.4 is 14.8 Å². The van der Waals surface area contributed by atoms with E-state index in [0.717, 1.165) is 11.3 Å². The average Bonchev–Trinajstić information content (AvgIpc) is 2.55. The van der Waals surface area contributed by atoms with Crippen LogP contribution in [-0.4, -0.2) is 24.7 Å². The first-order chi connectivity index (χ1) is 11.2. The SMILES string of the molecule is CSCc1ccc(C(=O)Oc2ccc3c(c2)NC(=O)CO3)cc1. The van der Waals surface area contributed by atoms with E-state index in [0.29, 0.717) is 22.7 Å². The Labute approximate surface area is 138 Å². The van der Waals surface area contributed by atoms with Crippen LogP contribution in [0.3, 0.4) is 0 Å². The summed E-state index contributed by atoms with van der Waals surface area (Å²) in [5, 5.41) is 2.68. The van der Waals surface area contributed by atoms with E-state index < -0.39 is 5.97 Å². The highest BCUT2D eigenvalue weighted by Gasteiger charge is 2.17. The molecule has 0 atom stereocenters. The van der Waals surface area contributed by atoms with E-state index in [1.54, 1.807) is 42.1 Å². The largest absolute Gasteiger partial charge is 0.482 e. The molecule has 2 aromatic carbocycles. The monoisotopic (exact) mass is 329 g/mol. The Bertz CT molecular complexity index is 743. The fourth-order valence-electron chi connectivity index (χ4n) is 2.20. The molecule has 118 valence electrons. The molecule has 1 aliphatic heterocycles. The predicted molar refractivity (Wildman–Crippen MR) is 89.2 cm³/mol. The van der Waals surface area contributed by atoms with Crippen molar-refractivity contribution in [3.8, 4) is 11.5 Å². The lowest BCUT2D eigenvalue weighted by Gasteiger charge is -2.18. The molecule has 0 aliphatic carbocycles. The second-order valence-corrected chi connectivity index (χ2v) is 5.88. The predicted octanol–water partition coefficient (Wildman–Crippen LogP) is 3.10. The van der Waals surface area contributed by atoms with Gasteiger partial charge in [-0.15, -0.1) is 0 Å². The van der Waals surface area contributed by atoms with Gasteiger partial charge in [0, 0.05) is 11.8 Å². The van der Waals surface area contributed by atoms with Gasteiger partial charge in [0.15, 0.2) is 6.61 Å². The summed E-state index contributed by atoms with van der Waals surface area (Å²) < 4.78 is 10.6. The molecule has 6 heteroatoms. The minimum Gasteiger partial charge on any atom is -0.482 e. The molecule has 0 unspecified atom stereocenters. The number of carbonyl (C=O) groups excluding carboxylic acids is 2. The summed E-state index contributed by atoms with van der Waals surface area (Å²) >= 11 is 1.72. The number of hydrogen-bond acceptors (Lipinski definition) is 5. The molecule has 2 aromatic rings. The number of carbonyl (C=O) groups is 2. The molecular formula is C17H15NO4S. The normalized spacial score (nSPS) is 12.8. The summed E-state index contributed by atoms with van der Waals surface area (Å²) in [5.74, 6) is 1.15. The minimum atomic E-state index is -0.441. The number of hydrogen-bond donors (Lipinski definition) is 1. The number of amides is 1. The summed E-state index contributed by atoms with van der Waals surface area (Å²) in [6.45, 7) is -0.00543. The van der Waals surface area contributed by atoms with Gasteiger partial charge in [-0.05, 0) is 36.1 Å². The number of benzene rings is 2. The zero-order valence-electron chi connectivity index (χ0n) is 12.5. The van der Waals surface area contributed by atoms with Crippen LogP contribution >= 0.6 is 11.8 Å². The number of thioether (sulfide) groups is 1. The first-order valence-electron chi connectivity index (χ1n) is 7.02. The highest BCUT2D eigenvalue weighted by atomic mass is 32.2. The average molecular weight is 329 g/mol. The third-order valence-corrected chi connectivity index (χ3v) is 3.92. The molecule has 0 aromatic heterocycles. The number of nitrogens with one attached hydrogen (secondary N) is 1. The van der Waals surface area contributed by atoms with Crippen molar-refractivity contribution in [1.29, 1.82) is 0 Å². The van der Waals surface area contributed by atoms with Crippen molar-refractivity contribution in [1.82, 2.24) is 0 Å². The van der Waals surface area contributed by atoms with Crippen LogP contribution in [0, 0.1) is 0 Å². The van der Waals surface area contributed by atoms with E-state index in [1.807, 2.05) is 18.4 Å². The van der Waals surface area contributed by atoms with Crippen LogP contribution in [-0.2, 0) is 10.5 Å². The Morgan fingerprint density at radius 2 is 2.04 bits per heavy atom. The van der Waals surface area contributed by atoms with E-state index in [4.69, 9.17) is 9.47 Å². The van der Waals surface area contributed by atoms with Crippen molar-refractivity contribution in [2.45, 2.75) is 5.75 Å². The molecule has 1 N–H and O–H groups in total. The Kier molecular flexibility index (Phi) is 4.52. The first-order valence-corrected chi connectivity index (χ1v) is 8.42. The maximum atomic E-state index is 12.2. The number of esters is 1. The van der Waals surface area contributed by atoms with Gasteiger partial charge in [-0.2, -0.15) is 11.8 Å². The van der Waals surface area contributed by atoms with E-state index in [1.165, 1.54) is 0 Å². The van der Waals surface area contributed by atoms with Gasteiger partial charge >= 0.3 is 5.97 Å². The molecule has 0 bridgehead atoms. The van der Waals surface area contributed by atoms with E-state index in [-0.39, 0.29) is 12.5 Å². The van der Waals surface area contributed by atoms with E-state index >= 15 is 0 Å². The number of fused-ring (bicyclic) bond motifs is 1. The number of anilines is 1. The molecule has 5 nitrogen and oxygen atoms in total. The zero-order valence-corrected chi connectivity index (χ0v) is 13.3. The highest BCUT2D eigenvalue weighted by molar-refractivity contribution is 7.97. The van der Waals surface area contributed by atoms with Gasteiger partial charge in [0.1, 0.15) is 11.5 Å². The lowest BCUT2D eigenvalue weighted by molar-refractivity contribution is -0.118. The number of ether oxygens (including phenoxy) is 2. The number of rotatable bonds is 4. The van der Waals surface area contributed by atoms with Crippen molar-refractivity contribution >= 4 is 29.3 Å². The quantitative estimate of drug-likeness (QED) is 0.690. The Morgan fingerprint density at radius 3 is 2.78 bits per heavy atom. The Balaban J connectivity index is 1.72. The summed E-state index contributed by atoms with van der Waals surface area (Å²) in [5.41, 5.74) is 2.14. The fourth-order valence-corrected chi connectivity index (χ4v) is 2.72. The van der Waals surface area contributed by atoms with E-state index in [9.17, 15) is 9.59 Å². The molecule has 0 saturated carbocycles. The van der Waals surface area contributed by atoms with Crippen LogP contribution in [0.15, 0.2) is 42.5 Å². The van der Waals surface area contributed by atoms with Gasteiger partial charge < -0.3 is 14.8 Å². The molecule has 1 aliphatic rings. The molecule has 23 heavy (non-hydrogen) atoms. The lowest BCUT2D eigenvalue weighted by atomic mass is 10.1. The lowest BCUT2D eigenvalue weighted by Crippen LogP contribution is -2.25. The van der Waals surface area contributed by atoms with Gasteiger partial charge in [-0.1, -0.05) is 12.1 Å². The summed E-state index contributed by atoms with van der Waals surface area (Å²) in [6.07, 6.45) is 2.03. The molecule has 0 radical (unpaired) electrons. The molecule has 0 saturated heterocycles. The van der Waals surface area contributed by atoms with Gasteiger partial charge in [-0.25, -0.2) is 4.79 Å². The van der Waals surface area contributed by atoms with Crippen LogP contribution in [0.1, 0.15) is 15.9 Å². The van der Waals surface area contributed by atoms with Crippen molar-refractivity contribution in [2.75, 3.05) is 18.2 Å². The topological polar surface area (TPSA) is 64.6 Å². The smallest absolute Gasteiger partial charge is 0.343 e. The third-order valence-electron chi connectivity index (χ3n) is 3.30. The molecule has 0 fully saturated rings. The third kappa shape index (κ3) is 3.65. The summed E-state index contributed by atoms with van der Waals surface area (Å²) in [6, 6.07) is 12.2. The van der Waals surface area contributed by atoms with Gasteiger partial charge in [0.25, 0.3) is 5.91 Å². The van der Waals surface area contributed by atoms with Crippen LogP contribution in [0.2, 0.25) is 0 Å². The van der Waals surface area contributed by atoms with Gasteiger partial charge in [0.05, 0.1) is 11.3 Å². The van der Waals surface area contributed by atoms with Crippen LogP contribution in [0.5, 0.6) is 11.5 Å². The van der Waals surface area contributed by atoms with E-state index in [2.05, 4.69) is 5.32 Å². The molecule has 1 amide bonds. The summed E-state index contributed by atoms with van der Waals surface area (Å²) in [7, 11) is 0. The van der Waals surface area contributed by atoms with Crippen molar-refractivity contribution in [3.05, 3.63) is 53.6 Å². The second kappa shape index (κ2) is 6.75. The van der Waals surface area contributed by atoms with Crippen molar-refractivity contribution in [3.63, 3.8) is 0 Å². The maximum absolute atomic E-state index is 12.2. The molecule has 0 spiro atoms. The Morgan fingerprint density at radius 1 is 1.26 bits per heavy atom. The minimum absolute atomic E-state index is 0.00543. The molecular weight excluding hydrogens is 314 g/mol. The standard InChI is InChI=1S/C17H15NO4S/c1-23-10-11-2-4-12(5-3-11)17(20)22-13-6-7-15-14(8-13)18-16(19)9-21-15/h2-8H,9-10H2,1H3,(H,18,19). The van der Waals surface area contributed by atoms with Gasteiger partial charge in [-0.3, -0.25) is 4.79 Å². The molecule has 1 heterocycles. The van der Waals surface area contributed by atoms with Crippen molar-refractivity contribution < 1.29 is 19.1 Å².